The van der Waals surface area contributed by atoms with E-state index in [0.29, 0.717) is 24.8 Å². The first-order valence-electron chi connectivity index (χ1n) is 8.03. The van der Waals surface area contributed by atoms with Gasteiger partial charge in [-0.05, 0) is 25.7 Å². The maximum Gasteiger partial charge on any atom is 0.318 e. The number of morpholine rings is 1. The van der Waals surface area contributed by atoms with Crippen LogP contribution in [-0.4, -0.2) is 42.3 Å². The highest BCUT2D eigenvalue weighted by atomic mass is 16.5. The van der Waals surface area contributed by atoms with Gasteiger partial charge in [0.05, 0.1) is 18.8 Å². The van der Waals surface area contributed by atoms with E-state index in [4.69, 9.17) is 4.74 Å². The van der Waals surface area contributed by atoms with Crippen molar-refractivity contribution in [1.82, 2.24) is 10.2 Å². The maximum absolute atomic E-state index is 12.5. The summed E-state index contributed by atoms with van der Waals surface area (Å²) in [7, 11) is 0. The Morgan fingerprint density at radius 1 is 1.00 bits per heavy atom. The standard InChI is InChI=1S/C15H26N2O2/c18-15(16-12-6-2-1-3-7-12)17-10-11-19-14-9-5-4-8-13(14)17/h12-14H,1-11H2,(H,16,18). The van der Waals surface area contributed by atoms with Crippen molar-refractivity contribution in [2.24, 2.45) is 0 Å². The monoisotopic (exact) mass is 266 g/mol. The van der Waals surface area contributed by atoms with Crippen LogP contribution in [0.2, 0.25) is 0 Å². The average Bonchev–Trinajstić information content (AvgIpc) is 2.47. The predicted molar refractivity (Wildman–Crippen MR) is 74.1 cm³/mol. The molecule has 1 aliphatic heterocycles. The minimum Gasteiger partial charge on any atom is -0.374 e. The minimum atomic E-state index is 0.159. The zero-order chi connectivity index (χ0) is 13.1. The zero-order valence-electron chi connectivity index (χ0n) is 11.8. The highest BCUT2D eigenvalue weighted by molar-refractivity contribution is 5.75. The van der Waals surface area contributed by atoms with Crippen molar-refractivity contribution in [1.29, 1.82) is 0 Å². The lowest BCUT2D eigenvalue weighted by atomic mass is 9.90. The van der Waals surface area contributed by atoms with E-state index in [2.05, 4.69) is 10.2 Å². The predicted octanol–water partition coefficient (Wildman–Crippen LogP) is 2.67. The first-order chi connectivity index (χ1) is 9.34. The summed E-state index contributed by atoms with van der Waals surface area (Å²) >= 11 is 0. The molecule has 4 heteroatoms. The molecular formula is C15H26N2O2. The lowest BCUT2D eigenvalue weighted by molar-refractivity contribution is -0.0715. The molecule has 0 bridgehead atoms. The number of carbonyl (C=O) groups excluding carboxylic acids is 1. The molecule has 0 aromatic rings. The summed E-state index contributed by atoms with van der Waals surface area (Å²) in [6, 6.07) is 0.893. The molecule has 1 heterocycles. The molecule has 108 valence electrons. The molecule has 19 heavy (non-hydrogen) atoms. The second-order valence-electron chi connectivity index (χ2n) is 6.24. The average molecular weight is 266 g/mol. The molecule has 2 aliphatic carbocycles. The quantitative estimate of drug-likeness (QED) is 0.793. The van der Waals surface area contributed by atoms with Gasteiger partial charge < -0.3 is 15.0 Å². The van der Waals surface area contributed by atoms with Crippen molar-refractivity contribution in [2.75, 3.05) is 13.2 Å². The highest BCUT2D eigenvalue weighted by Gasteiger charge is 2.37. The van der Waals surface area contributed by atoms with Crippen molar-refractivity contribution >= 4 is 6.03 Å². The van der Waals surface area contributed by atoms with E-state index in [1.165, 1.54) is 32.1 Å². The Labute approximate surface area is 115 Å². The van der Waals surface area contributed by atoms with E-state index in [1.807, 2.05) is 0 Å². The van der Waals surface area contributed by atoms with Gasteiger partial charge in [0, 0.05) is 12.6 Å². The van der Waals surface area contributed by atoms with E-state index in [0.717, 1.165) is 32.2 Å². The van der Waals surface area contributed by atoms with Gasteiger partial charge >= 0.3 is 6.03 Å². The third kappa shape index (κ3) is 3.04. The maximum atomic E-state index is 12.5. The van der Waals surface area contributed by atoms with Gasteiger partial charge in [0.2, 0.25) is 0 Å². The molecule has 4 nitrogen and oxygen atoms in total. The molecule has 3 fully saturated rings. The fourth-order valence-electron chi connectivity index (χ4n) is 3.85. The van der Waals surface area contributed by atoms with Gasteiger partial charge in [0.25, 0.3) is 0 Å². The van der Waals surface area contributed by atoms with Gasteiger partial charge in [-0.15, -0.1) is 0 Å². The molecule has 0 radical (unpaired) electrons. The fraction of sp³-hybridized carbons (Fsp3) is 0.933. The molecule has 0 spiro atoms. The van der Waals surface area contributed by atoms with Gasteiger partial charge in [-0.1, -0.05) is 32.1 Å². The number of hydrogen-bond donors (Lipinski definition) is 1. The van der Waals surface area contributed by atoms with Crippen molar-refractivity contribution in [3.05, 3.63) is 0 Å². The third-order valence-electron chi connectivity index (χ3n) is 4.93. The van der Waals surface area contributed by atoms with Crippen LogP contribution >= 0.6 is 0 Å². The SMILES string of the molecule is O=C(NC1CCCCC1)N1CCOC2CCCCC21. The summed E-state index contributed by atoms with van der Waals surface area (Å²) in [5.74, 6) is 0. The Hall–Kier alpha value is -0.770. The second-order valence-corrected chi connectivity index (χ2v) is 6.24. The molecule has 0 aromatic carbocycles. The van der Waals surface area contributed by atoms with Gasteiger partial charge in [0.15, 0.2) is 0 Å². The highest BCUT2D eigenvalue weighted by Crippen LogP contribution is 2.28. The van der Waals surface area contributed by atoms with Crippen LogP contribution in [0.4, 0.5) is 4.79 Å². The Morgan fingerprint density at radius 2 is 1.74 bits per heavy atom. The van der Waals surface area contributed by atoms with Crippen LogP contribution < -0.4 is 5.32 Å². The van der Waals surface area contributed by atoms with E-state index in [1.54, 1.807) is 0 Å². The Morgan fingerprint density at radius 3 is 2.58 bits per heavy atom. The van der Waals surface area contributed by atoms with Crippen molar-refractivity contribution < 1.29 is 9.53 Å². The number of hydrogen-bond acceptors (Lipinski definition) is 2. The smallest absolute Gasteiger partial charge is 0.318 e. The summed E-state index contributed by atoms with van der Waals surface area (Å²) in [4.78, 5) is 14.5. The molecule has 2 unspecified atom stereocenters. The summed E-state index contributed by atoms with van der Waals surface area (Å²) in [6.07, 6.45) is 11.2. The first-order valence-corrected chi connectivity index (χ1v) is 8.03. The van der Waals surface area contributed by atoms with E-state index in [-0.39, 0.29) is 6.03 Å². The molecule has 2 saturated carbocycles. The Bertz CT molecular complexity index is 313. The summed E-state index contributed by atoms with van der Waals surface area (Å²) in [5, 5.41) is 3.25. The van der Waals surface area contributed by atoms with Crippen LogP contribution in [0.1, 0.15) is 57.8 Å². The fourth-order valence-corrected chi connectivity index (χ4v) is 3.85. The lowest BCUT2D eigenvalue weighted by Gasteiger charge is -2.44. The van der Waals surface area contributed by atoms with E-state index in [9.17, 15) is 4.79 Å². The minimum absolute atomic E-state index is 0.159. The van der Waals surface area contributed by atoms with Gasteiger partial charge in [0.1, 0.15) is 0 Å². The number of nitrogens with zero attached hydrogens (tertiary/aromatic N) is 1. The number of fused-ring (bicyclic) bond motifs is 1. The number of rotatable bonds is 1. The van der Waals surface area contributed by atoms with Crippen molar-refractivity contribution in [3.8, 4) is 0 Å². The zero-order valence-corrected chi connectivity index (χ0v) is 11.8. The van der Waals surface area contributed by atoms with Crippen molar-refractivity contribution in [2.45, 2.75) is 76.0 Å². The molecular weight excluding hydrogens is 240 g/mol. The van der Waals surface area contributed by atoms with Crippen LogP contribution in [-0.2, 0) is 4.74 Å². The number of ether oxygens (including phenoxy) is 1. The number of carbonyl (C=O) groups is 1. The topological polar surface area (TPSA) is 41.6 Å². The molecule has 2 amide bonds. The molecule has 0 aromatic heterocycles. The summed E-state index contributed by atoms with van der Waals surface area (Å²) in [6.45, 7) is 1.47. The molecule has 2 atom stereocenters. The molecule has 1 saturated heterocycles. The molecule has 3 rings (SSSR count). The van der Waals surface area contributed by atoms with Crippen molar-refractivity contribution in [3.63, 3.8) is 0 Å². The lowest BCUT2D eigenvalue weighted by Crippen LogP contribution is -2.58. The summed E-state index contributed by atoms with van der Waals surface area (Å²) in [5.41, 5.74) is 0. The number of amides is 2. The van der Waals surface area contributed by atoms with Gasteiger partial charge in [-0.25, -0.2) is 4.79 Å². The molecule has 1 N–H and O–H groups in total. The number of urea groups is 1. The summed E-state index contributed by atoms with van der Waals surface area (Å²) < 4.78 is 5.83. The van der Waals surface area contributed by atoms with E-state index < -0.39 is 0 Å². The second kappa shape index (κ2) is 6.12. The Kier molecular flexibility index (Phi) is 4.26. The Balaban J connectivity index is 1.58. The first kappa shape index (κ1) is 13.2. The molecule has 3 aliphatic rings. The van der Waals surface area contributed by atoms with Crippen LogP contribution in [0, 0.1) is 0 Å². The van der Waals surface area contributed by atoms with Gasteiger partial charge in [-0.3, -0.25) is 0 Å². The van der Waals surface area contributed by atoms with Crippen LogP contribution in [0.3, 0.4) is 0 Å². The number of nitrogens with one attached hydrogen (secondary N) is 1. The normalized spacial score (nSPS) is 32.7. The largest absolute Gasteiger partial charge is 0.374 e. The van der Waals surface area contributed by atoms with E-state index >= 15 is 0 Å². The van der Waals surface area contributed by atoms with Gasteiger partial charge in [-0.2, -0.15) is 0 Å². The van der Waals surface area contributed by atoms with Crippen LogP contribution in [0.25, 0.3) is 0 Å². The van der Waals surface area contributed by atoms with Crippen LogP contribution in [0.15, 0.2) is 0 Å². The third-order valence-corrected chi connectivity index (χ3v) is 4.93. The van der Waals surface area contributed by atoms with Crippen LogP contribution in [0.5, 0.6) is 0 Å².